The second-order valence-electron chi connectivity index (χ2n) is 4.90. The number of rotatable bonds is 10. The summed E-state index contributed by atoms with van der Waals surface area (Å²) in [6, 6.07) is 8.07. The van der Waals surface area contributed by atoms with Crippen molar-refractivity contribution in [3.05, 3.63) is 29.8 Å². The first-order valence-electron chi connectivity index (χ1n) is 8.05. The van der Waals surface area contributed by atoms with E-state index in [0.29, 0.717) is 13.2 Å². The van der Waals surface area contributed by atoms with E-state index in [9.17, 15) is 0 Å². The van der Waals surface area contributed by atoms with Crippen molar-refractivity contribution in [1.82, 2.24) is 10.6 Å². The van der Waals surface area contributed by atoms with Gasteiger partial charge in [-0.05, 0) is 39.3 Å². The third-order valence-corrected chi connectivity index (χ3v) is 2.95. The molecule has 0 radical (unpaired) electrons. The maximum absolute atomic E-state index is 5.68. The van der Waals surface area contributed by atoms with Gasteiger partial charge < -0.3 is 20.1 Å². The molecule has 0 aromatic heterocycles. The van der Waals surface area contributed by atoms with Crippen LogP contribution in [0, 0.1) is 6.92 Å². The van der Waals surface area contributed by atoms with Crippen molar-refractivity contribution in [3.63, 3.8) is 0 Å². The molecule has 0 saturated carbocycles. The Morgan fingerprint density at radius 1 is 1.09 bits per heavy atom. The number of guanidine groups is 1. The number of hydrogen-bond acceptors (Lipinski definition) is 3. The summed E-state index contributed by atoms with van der Waals surface area (Å²) in [6.07, 6.45) is 0.935. The van der Waals surface area contributed by atoms with Crippen LogP contribution in [0.15, 0.2) is 29.3 Å². The Balaban J connectivity index is 2.22. The Morgan fingerprint density at radius 3 is 2.55 bits per heavy atom. The van der Waals surface area contributed by atoms with Crippen LogP contribution in [-0.4, -0.2) is 45.4 Å². The number of aliphatic imine (C=N–C) groups is 1. The van der Waals surface area contributed by atoms with E-state index in [2.05, 4.69) is 29.5 Å². The fraction of sp³-hybridized carbons (Fsp3) is 0.588. The van der Waals surface area contributed by atoms with Gasteiger partial charge in [-0.15, -0.1) is 0 Å². The van der Waals surface area contributed by atoms with E-state index < -0.39 is 0 Å². The normalized spacial score (nSPS) is 11.3. The quantitative estimate of drug-likeness (QED) is 0.396. The molecule has 0 aliphatic carbocycles. The SMILES string of the molecule is CCNC(=NCCCOCC)NCCOc1ccc(C)cc1. The van der Waals surface area contributed by atoms with Crippen molar-refractivity contribution < 1.29 is 9.47 Å². The monoisotopic (exact) mass is 307 g/mol. The molecular weight excluding hydrogens is 278 g/mol. The Labute approximate surface area is 134 Å². The second-order valence-corrected chi connectivity index (χ2v) is 4.90. The van der Waals surface area contributed by atoms with E-state index in [1.54, 1.807) is 0 Å². The third-order valence-electron chi connectivity index (χ3n) is 2.95. The molecule has 0 heterocycles. The van der Waals surface area contributed by atoms with E-state index in [0.717, 1.165) is 44.4 Å². The molecule has 0 amide bonds. The zero-order chi connectivity index (χ0) is 16.0. The summed E-state index contributed by atoms with van der Waals surface area (Å²) >= 11 is 0. The Bertz CT molecular complexity index is 418. The fourth-order valence-corrected chi connectivity index (χ4v) is 1.82. The number of nitrogens with one attached hydrogen (secondary N) is 2. The van der Waals surface area contributed by atoms with Crippen molar-refractivity contribution in [2.24, 2.45) is 4.99 Å². The summed E-state index contributed by atoms with van der Waals surface area (Å²) in [4.78, 5) is 4.50. The molecule has 0 unspecified atom stereocenters. The van der Waals surface area contributed by atoms with Gasteiger partial charge in [0.05, 0.1) is 6.54 Å². The highest BCUT2D eigenvalue weighted by molar-refractivity contribution is 5.79. The van der Waals surface area contributed by atoms with E-state index in [4.69, 9.17) is 9.47 Å². The Kier molecular flexibility index (Phi) is 9.87. The van der Waals surface area contributed by atoms with Crippen LogP contribution in [0.1, 0.15) is 25.8 Å². The zero-order valence-electron chi connectivity index (χ0n) is 14.0. The highest BCUT2D eigenvalue weighted by Crippen LogP contribution is 2.10. The summed E-state index contributed by atoms with van der Waals surface area (Å²) in [7, 11) is 0. The Morgan fingerprint density at radius 2 is 1.86 bits per heavy atom. The molecular formula is C17H29N3O2. The lowest BCUT2D eigenvalue weighted by Crippen LogP contribution is -2.39. The number of ether oxygens (including phenoxy) is 2. The largest absolute Gasteiger partial charge is 0.492 e. The average Bonchev–Trinajstić information content (AvgIpc) is 2.53. The van der Waals surface area contributed by atoms with Gasteiger partial charge in [0.25, 0.3) is 0 Å². The van der Waals surface area contributed by atoms with Gasteiger partial charge in [0.15, 0.2) is 5.96 Å². The lowest BCUT2D eigenvalue weighted by molar-refractivity contribution is 0.146. The van der Waals surface area contributed by atoms with E-state index in [1.165, 1.54) is 5.56 Å². The maximum Gasteiger partial charge on any atom is 0.191 e. The van der Waals surface area contributed by atoms with E-state index >= 15 is 0 Å². The molecule has 0 saturated heterocycles. The molecule has 22 heavy (non-hydrogen) atoms. The number of aryl methyl sites for hydroxylation is 1. The van der Waals surface area contributed by atoms with Crippen LogP contribution in [0.4, 0.5) is 0 Å². The lowest BCUT2D eigenvalue weighted by atomic mass is 10.2. The topological polar surface area (TPSA) is 54.9 Å². The van der Waals surface area contributed by atoms with Gasteiger partial charge in [-0.2, -0.15) is 0 Å². The first-order valence-corrected chi connectivity index (χ1v) is 8.05. The summed E-state index contributed by atoms with van der Waals surface area (Å²) in [5.41, 5.74) is 1.24. The molecule has 5 heteroatoms. The summed E-state index contributed by atoms with van der Waals surface area (Å²) in [6.45, 7) is 10.6. The highest BCUT2D eigenvalue weighted by Gasteiger charge is 1.97. The standard InChI is InChI=1S/C17H29N3O2/c1-4-18-17(19-11-6-13-21-5-2)20-12-14-22-16-9-7-15(3)8-10-16/h7-10H,4-6,11-14H2,1-3H3,(H2,18,19,20). The molecule has 1 aromatic carbocycles. The van der Waals surface area contributed by atoms with Crippen molar-refractivity contribution in [2.45, 2.75) is 27.2 Å². The third kappa shape index (κ3) is 8.52. The number of benzene rings is 1. The van der Waals surface area contributed by atoms with Crippen LogP contribution >= 0.6 is 0 Å². The first kappa shape index (κ1) is 18.3. The molecule has 1 rings (SSSR count). The van der Waals surface area contributed by atoms with Crippen LogP contribution in [0.5, 0.6) is 5.75 Å². The average molecular weight is 307 g/mol. The molecule has 0 spiro atoms. The highest BCUT2D eigenvalue weighted by atomic mass is 16.5. The van der Waals surface area contributed by atoms with Gasteiger partial charge in [-0.1, -0.05) is 17.7 Å². The molecule has 0 fully saturated rings. The van der Waals surface area contributed by atoms with Crippen LogP contribution in [0.2, 0.25) is 0 Å². The minimum Gasteiger partial charge on any atom is -0.492 e. The molecule has 124 valence electrons. The fourth-order valence-electron chi connectivity index (χ4n) is 1.82. The minimum atomic E-state index is 0.604. The summed E-state index contributed by atoms with van der Waals surface area (Å²) < 4.78 is 11.0. The van der Waals surface area contributed by atoms with Crippen molar-refractivity contribution >= 4 is 5.96 Å². The first-order chi connectivity index (χ1) is 10.8. The minimum absolute atomic E-state index is 0.604. The summed E-state index contributed by atoms with van der Waals surface area (Å²) in [5, 5.41) is 6.49. The molecule has 5 nitrogen and oxygen atoms in total. The molecule has 1 aromatic rings. The van der Waals surface area contributed by atoms with Gasteiger partial charge in [0, 0.05) is 26.3 Å². The van der Waals surface area contributed by atoms with E-state index in [1.807, 2.05) is 31.2 Å². The maximum atomic E-state index is 5.68. The molecule has 0 bridgehead atoms. The molecule has 0 atom stereocenters. The Hall–Kier alpha value is -1.75. The van der Waals surface area contributed by atoms with Crippen molar-refractivity contribution in [2.75, 3.05) is 39.5 Å². The van der Waals surface area contributed by atoms with Gasteiger partial charge in [0.1, 0.15) is 12.4 Å². The molecule has 0 aliphatic heterocycles. The van der Waals surface area contributed by atoms with Crippen molar-refractivity contribution in [3.8, 4) is 5.75 Å². The molecule has 2 N–H and O–H groups in total. The van der Waals surface area contributed by atoms with Gasteiger partial charge >= 0.3 is 0 Å². The zero-order valence-corrected chi connectivity index (χ0v) is 14.0. The van der Waals surface area contributed by atoms with Crippen LogP contribution < -0.4 is 15.4 Å². The lowest BCUT2D eigenvalue weighted by Gasteiger charge is -2.12. The second kappa shape index (κ2) is 11.9. The number of hydrogen-bond donors (Lipinski definition) is 2. The van der Waals surface area contributed by atoms with E-state index in [-0.39, 0.29) is 0 Å². The smallest absolute Gasteiger partial charge is 0.191 e. The van der Waals surface area contributed by atoms with Crippen LogP contribution in [0.3, 0.4) is 0 Å². The van der Waals surface area contributed by atoms with Crippen molar-refractivity contribution in [1.29, 1.82) is 0 Å². The summed E-state index contributed by atoms with van der Waals surface area (Å²) in [5.74, 6) is 1.72. The predicted molar refractivity (Wildman–Crippen MR) is 91.8 cm³/mol. The molecule has 0 aliphatic rings. The van der Waals surface area contributed by atoms with Gasteiger partial charge in [-0.3, -0.25) is 4.99 Å². The predicted octanol–water partition coefficient (Wildman–Crippen LogP) is 2.36. The van der Waals surface area contributed by atoms with Crippen LogP contribution in [-0.2, 0) is 4.74 Å². The van der Waals surface area contributed by atoms with Gasteiger partial charge in [0.2, 0.25) is 0 Å². The van der Waals surface area contributed by atoms with Gasteiger partial charge in [-0.25, -0.2) is 0 Å². The number of nitrogens with zero attached hydrogens (tertiary/aromatic N) is 1. The van der Waals surface area contributed by atoms with Crippen LogP contribution in [0.25, 0.3) is 0 Å².